The highest BCUT2D eigenvalue weighted by Crippen LogP contribution is 2.10. The molecule has 0 bridgehead atoms. The molecule has 0 radical (unpaired) electrons. The van der Waals surface area contributed by atoms with Crippen molar-refractivity contribution in [1.29, 1.82) is 0 Å². The van der Waals surface area contributed by atoms with Gasteiger partial charge in [0.2, 0.25) is 0 Å². The molecule has 0 aliphatic rings. The number of hydrogen-bond acceptors (Lipinski definition) is 2. The first-order valence-corrected chi connectivity index (χ1v) is 16.5. The van der Waals surface area contributed by atoms with Crippen molar-refractivity contribution in [3.8, 4) is 0 Å². The summed E-state index contributed by atoms with van der Waals surface area (Å²) >= 11 is 0. The first-order valence-electron chi connectivity index (χ1n) is 16.5. The van der Waals surface area contributed by atoms with E-state index in [1.807, 2.05) is 11.9 Å². The average Bonchev–Trinajstić information content (AvgIpc) is 2.93. The topological polar surface area (TPSA) is 34.1 Å². The Bertz CT molecular complexity index is 524. The summed E-state index contributed by atoms with van der Waals surface area (Å²) in [5.41, 5.74) is 0. The average molecular weight is 529 g/mol. The van der Waals surface area contributed by atoms with Crippen molar-refractivity contribution in [3.63, 3.8) is 0 Å². The lowest BCUT2D eigenvalue weighted by molar-refractivity contribution is 0.566. The van der Waals surface area contributed by atoms with Crippen LogP contribution in [-0.4, -0.2) is 11.9 Å². The highest BCUT2D eigenvalue weighted by molar-refractivity contribution is 5.44. The van der Waals surface area contributed by atoms with Crippen molar-refractivity contribution in [3.05, 3.63) is 36.5 Å². The monoisotopic (exact) mass is 528 g/mol. The number of rotatable bonds is 28. The van der Waals surface area contributed by atoms with Crippen molar-refractivity contribution >= 4 is 11.9 Å². The van der Waals surface area contributed by atoms with Gasteiger partial charge < -0.3 is 0 Å². The van der Waals surface area contributed by atoms with Crippen molar-refractivity contribution in [2.75, 3.05) is 0 Å². The SMILES string of the molecule is CCCCCCCC/C=C\CCCCCCC=C=O.CCCCCCCC/C=C\CCCCCCC=C=O. The van der Waals surface area contributed by atoms with Crippen LogP contribution in [0, 0.1) is 0 Å². The fraction of sp³-hybridized carbons (Fsp3) is 0.778. The number of allylic oxidation sites excluding steroid dienone is 6. The lowest BCUT2D eigenvalue weighted by Gasteiger charge is -1.98. The Balaban J connectivity index is 0. The molecule has 0 heterocycles. The van der Waals surface area contributed by atoms with Gasteiger partial charge in [-0.3, -0.25) is 0 Å². The molecule has 0 fully saturated rings. The smallest absolute Gasteiger partial charge is 0.120 e. The standard InChI is InChI=1S/2C18H32O/c2*1-2-3-4-5-6-7-8-9-10-11-12-13-14-15-16-17-18-19/h2*9-10,17H,2-8,11-16H2,1H3/b2*10-9-. The van der Waals surface area contributed by atoms with E-state index in [0.717, 1.165) is 25.7 Å². The molecule has 0 aromatic heterocycles. The maximum absolute atomic E-state index is 9.95. The van der Waals surface area contributed by atoms with Crippen LogP contribution in [0.1, 0.15) is 181 Å². The van der Waals surface area contributed by atoms with E-state index < -0.39 is 0 Å². The van der Waals surface area contributed by atoms with Crippen LogP contribution in [0.2, 0.25) is 0 Å². The number of hydrogen-bond donors (Lipinski definition) is 0. The number of carbonyl (C=O) groups excluding carboxylic acids is 2. The summed E-state index contributed by atoms with van der Waals surface area (Å²) in [4.78, 5) is 19.9. The van der Waals surface area contributed by atoms with E-state index in [9.17, 15) is 9.59 Å². The van der Waals surface area contributed by atoms with Gasteiger partial charge in [0, 0.05) is 0 Å². The zero-order valence-corrected chi connectivity index (χ0v) is 25.7. The van der Waals surface area contributed by atoms with E-state index >= 15 is 0 Å². The highest BCUT2D eigenvalue weighted by atomic mass is 16.1. The second kappa shape index (κ2) is 39.9. The molecule has 0 rings (SSSR count). The van der Waals surface area contributed by atoms with Gasteiger partial charge in [-0.1, -0.05) is 128 Å². The van der Waals surface area contributed by atoms with Crippen LogP contribution in [0.25, 0.3) is 0 Å². The van der Waals surface area contributed by atoms with E-state index in [-0.39, 0.29) is 0 Å². The van der Waals surface area contributed by atoms with Crippen LogP contribution >= 0.6 is 0 Å². The molecule has 220 valence electrons. The predicted octanol–water partition coefficient (Wildman–Crippen LogP) is 12.0. The van der Waals surface area contributed by atoms with Crippen molar-refractivity contribution in [2.45, 2.75) is 181 Å². The molecule has 0 amide bonds. The van der Waals surface area contributed by atoms with Gasteiger partial charge in [-0.25, -0.2) is 9.59 Å². The lowest BCUT2D eigenvalue weighted by atomic mass is 10.1. The van der Waals surface area contributed by atoms with Crippen LogP contribution in [0.4, 0.5) is 0 Å². The molecular formula is C36H64O2. The zero-order chi connectivity index (χ0) is 28.0. The van der Waals surface area contributed by atoms with Gasteiger partial charge in [0.05, 0.1) is 0 Å². The molecule has 0 aliphatic heterocycles. The largest absolute Gasteiger partial charge is 0.234 e. The summed E-state index contributed by atoms with van der Waals surface area (Å²) in [6, 6.07) is 0. The third-order valence-corrected chi connectivity index (χ3v) is 6.89. The minimum Gasteiger partial charge on any atom is -0.234 e. The van der Waals surface area contributed by atoms with E-state index in [0.29, 0.717) is 0 Å². The van der Waals surface area contributed by atoms with Gasteiger partial charge in [0.1, 0.15) is 11.9 Å². The minimum absolute atomic E-state index is 0.900. The molecule has 0 saturated heterocycles. The van der Waals surface area contributed by atoms with Crippen LogP contribution in [-0.2, 0) is 9.59 Å². The Morgan fingerprint density at radius 2 is 0.579 bits per heavy atom. The molecule has 0 aromatic carbocycles. The molecule has 0 atom stereocenters. The lowest BCUT2D eigenvalue weighted by Crippen LogP contribution is -1.78. The second-order valence-electron chi connectivity index (χ2n) is 10.7. The summed E-state index contributed by atoms with van der Waals surface area (Å²) in [7, 11) is 0. The van der Waals surface area contributed by atoms with Crippen LogP contribution in [0.3, 0.4) is 0 Å². The van der Waals surface area contributed by atoms with Crippen LogP contribution in [0.15, 0.2) is 36.5 Å². The summed E-state index contributed by atoms with van der Waals surface area (Å²) in [6.45, 7) is 4.53. The van der Waals surface area contributed by atoms with Crippen LogP contribution < -0.4 is 0 Å². The summed E-state index contributed by atoms with van der Waals surface area (Å²) in [6.07, 6.45) is 45.9. The normalized spacial score (nSPS) is 10.8. The summed E-state index contributed by atoms with van der Waals surface area (Å²) < 4.78 is 0. The molecule has 38 heavy (non-hydrogen) atoms. The minimum atomic E-state index is 0.900. The van der Waals surface area contributed by atoms with Crippen LogP contribution in [0.5, 0.6) is 0 Å². The molecule has 0 unspecified atom stereocenters. The molecule has 0 N–H and O–H groups in total. The first kappa shape index (κ1) is 38.5. The third kappa shape index (κ3) is 41.5. The van der Waals surface area contributed by atoms with Gasteiger partial charge in [-0.15, -0.1) is 0 Å². The van der Waals surface area contributed by atoms with E-state index in [1.165, 1.54) is 141 Å². The Morgan fingerprint density at radius 3 is 0.842 bits per heavy atom. The Hall–Kier alpha value is -1.62. The second-order valence-corrected chi connectivity index (χ2v) is 10.7. The summed E-state index contributed by atoms with van der Waals surface area (Å²) in [5.74, 6) is 3.66. The van der Waals surface area contributed by atoms with Gasteiger partial charge in [0.15, 0.2) is 0 Å². The molecule has 2 nitrogen and oxygen atoms in total. The fourth-order valence-corrected chi connectivity index (χ4v) is 4.40. The van der Waals surface area contributed by atoms with Crippen molar-refractivity contribution in [1.82, 2.24) is 0 Å². The quantitative estimate of drug-likeness (QED) is 0.0574. The fourth-order valence-electron chi connectivity index (χ4n) is 4.40. The maximum Gasteiger partial charge on any atom is 0.120 e. The molecule has 0 aliphatic carbocycles. The Labute approximate surface area is 238 Å². The maximum atomic E-state index is 9.95. The van der Waals surface area contributed by atoms with Gasteiger partial charge >= 0.3 is 0 Å². The number of unbranched alkanes of at least 4 members (excludes halogenated alkanes) is 22. The Kier molecular flexibility index (Phi) is 40.4. The predicted molar refractivity (Wildman–Crippen MR) is 170 cm³/mol. The van der Waals surface area contributed by atoms with Gasteiger partial charge in [0.25, 0.3) is 0 Å². The van der Waals surface area contributed by atoms with Crippen molar-refractivity contribution in [2.24, 2.45) is 0 Å². The zero-order valence-electron chi connectivity index (χ0n) is 25.7. The summed E-state index contributed by atoms with van der Waals surface area (Å²) in [5, 5.41) is 0. The molecule has 0 aromatic rings. The van der Waals surface area contributed by atoms with E-state index in [1.54, 1.807) is 12.2 Å². The van der Waals surface area contributed by atoms with Gasteiger partial charge in [-0.05, 0) is 89.2 Å². The third-order valence-electron chi connectivity index (χ3n) is 6.89. The Morgan fingerprint density at radius 1 is 0.342 bits per heavy atom. The highest BCUT2D eigenvalue weighted by Gasteiger charge is 1.91. The van der Waals surface area contributed by atoms with Crippen molar-refractivity contribution < 1.29 is 9.59 Å². The van der Waals surface area contributed by atoms with Gasteiger partial charge in [-0.2, -0.15) is 0 Å². The first-order chi connectivity index (χ1) is 18.8. The molecule has 2 heteroatoms. The van der Waals surface area contributed by atoms with E-state index in [2.05, 4.69) is 38.2 Å². The molecule has 0 saturated carbocycles. The molecular weight excluding hydrogens is 464 g/mol. The van der Waals surface area contributed by atoms with E-state index in [4.69, 9.17) is 0 Å². The molecule has 0 spiro atoms.